The molecule has 8 heteroatoms. The first-order chi connectivity index (χ1) is 8.10. The van der Waals surface area contributed by atoms with E-state index >= 15 is 0 Å². The van der Waals surface area contributed by atoms with Gasteiger partial charge in [-0.3, -0.25) is 4.68 Å². The zero-order valence-corrected chi connectivity index (χ0v) is 11.9. The summed E-state index contributed by atoms with van der Waals surface area (Å²) in [5.41, 5.74) is 5.54. The molecule has 0 amide bonds. The SMILES string of the molecule is Cc1c(S(=O)(=O)NCC(C)(C)CO)c(N)nn1C. The minimum atomic E-state index is -3.71. The normalized spacial score (nSPS) is 12.9. The number of aromatic nitrogens is 2. The van der Waals surface area contributed by atoms with Crippen LogP contribution < -0.4 is 10.5 Å². The van der Waals surface area contributed by atoms with E-state index < -0.39 is 15.4 Å². The molecule has 0 unspecified atom stereocenters. The summed E-state index contributed by atoms with van der Waals surface area (Å²) in [6.07, 6.45) is 0. The summed E-state index contributed by atoms with van der Waals surface area (Å²) in [6.45, 7) is 5.16. The van der Waals surface area contributed by atoms with E-state index in [1.54, 1.807) is 27.8 Å². The first-order valence-corrected chi connectivity index (χ1v) is 6.98. The van der Waals surface area contributed by atoms with Crippen LogP contribution in [0.15, 0.2) is 4.90 Å². The van der Waals surface area contributed by atoms with Crippen LogP contribution in [-0.2, 0) is 17.1 Å². The van der Waals surface area contributed by atoms with Crippen molar-refractivity contribution in [3.63, 3.8) is 0 Å². The number of rotatable bonds is 5. The van der Waals surface area contributed by atoms with Gasteiger partial charge in [0.2, 0.25) is 10.0 Å². The van der Waals surface area contributed by atoms with Gasteiger partial charge in [-0.05, 0) is 6.92 Å². The maximum Gasteiger partial charge on any atom is 0.246 e. The number of aliphatic hydroxyl groups is 1. The van der Waals surface area contributed by atoms with Crippen LogP contribution in [0.3, 0.4) is 0 Å². The highest BCUT2D eigenvalue weighted by Gasteiger charge is 2.27. The molecule has 0 aliphatic rings. The summed E-state index contributed by atoms with van der Waals surface area (Å²) in [5, 5.41) is 13.0. The Morgan fingerprint density at radius 1 is 1.50 bits per heavy atom. The first-order valence-electron chi connectivity index (χ1n) is 5.50. The zero-order chi connectivity index (χ0) is 14.1. The smallest absolute Gasteiger partial charge is 0.246 e. The van der Waals surface area contributed by atoms with Gasteiger partial charge in [-0.1, -0.05) is 13.8 Å². The third kappa shape index (κ3) is 3.01. The highest BCUT2D eigenvalue weighted by atomic mass is 32.2. The molecule has 1 heterocycles. The molecule has 1 aromatic heterocycles. The number of hydrogen-bond donors (Lipinski definition) is 3. The molecule has 0 fully saturated rings. The number of aliphatic hydroxyl groups excluding tert-OH is 1. The van der Waals surface area contributed by atoms with Crippen molar-refractivity contribution in [3.05, 3.63) is 5.69 Å². The summed E-state index contributed by atoms with van der Waals surface area (Å²) in [6, 6.07) is 0. The van der Waals surface area contributed by atoms with Crippen molar-refractivity contribution in [2.45, 2.75) is 25.7 Å². The number of hydrogen-bond acceptors (Lipinski definition) is 5. The minimum Gasteiger partial charge on any atom is -0.396 e. The fraction of sp³-hybridized carbons (Fsp3) is 0.700. The molecule has 104 valence electrons. The van der Waals surface area contributed by atoms with E-state index in [2.05, 4.69) is 9.82 Å². The van der Waals surface area contributed by atoms with Gasteiger partial charge in [0.25, 0.3) is 0 Å². The largest absolute Gasteiger partial charge is 0.396 e. The predicted octanol–water partition coefficient (Wildman–Crippen LogP) is -0.392. The van der Waals surface area contributed by atoms with Gasteiger partial charge in [-0.25, -0.2) is 13.1 Å². The lowest BCUT2D eigenvalue weighted by molar-refractivity contribution is 0.163. The van der Waals surface area contributed by atoms with Crippen LogP contribution in [0.25, 0.3) is 0 Å². The number of aryl methyl sites for hydroxylation is 1. The molecular formula is C10H20N4O3S. The van der Waals surface area contributed by atoms with Crippen molar-refractivity contribution in [3.8, 4) is 0 Å². The first kappa shape index (κ1) is 14.9. The van der Waals surface area contributed by atoms with E-state index in [-0.39, 0.29) is 23.9 Å². The summed E-state index contributed by atoms with van der Waals surface area (Å²) < 4.78 is 28.1. The number of anilines is 1. The average Bonchev–Trinajstić information content (AvgIpc) is 2.51. The molecule has 0 aromatic carbocycles. The van der Waals surface area contributed by atoms with Gasteiger partial charge in [0.15, 0.2) is 5.82 Å². The van der Waals surface area contributed by atoms with Gasteiger partial charge >= 0.3 is 0 Å². The molecule has 18 heavy (non-hydrogen) atoms. The minimum absolute atomic E-state index is 0.00117. The molecule has 7 nitrogen and oxygen atoms in total. The number of nitrogens with one attached hydrogen (secondary N) is 1. The molecule has 0 aliphatic carbocycles. The van der Waals surface area contributed by atoms with Crippen LogP contribution in [0.2, 0.25) is 0 Å². The molecular weight excluding hydrogens is 256 g/mol. The van der Waals surface area contributed by atoms with Crippen LogP contribution in [0.4, 0.5) is 5.82 Å². The summed E-state index contributed by atoms with van der Waals surface area (Å²) in [5.74, 6) is -0.0238. The van der Waals surface area contributed by atoms with E-state index in [1.807, 2.05) is 0 Å². The Labute approximate surface area is 107 Å². The Morgan fingerprint density at radius 2 is 2.06 bits per heavy atom. The molecule has 1 rings (SSSR count). The molecule has 0 saturated carbocycles. The molecule has 0 saturated heterocycles. The van der Waals surface area contributed by atoms with Crippen molar-refractivity contribution in [2.24, 2.45) is 12.5 Å². The lowest BCUT2D eigenvalue weighted by Crippen LogP contribution is -2.36. The van der Waals surface area contributed by atoms with E-state index in [4.69, 9.17) is 10.8 Å². The summed E-state index contributed by atoms with van der Waals surface area (Å²) >= 11 is 0. The topological polar surface area (TPSA) is 110 Å². The van der Waals surface area contributed by atoms with Gasteiger partial charge in [-0.15, -0.1) is 0 Å². The van der Waals surface area contributed by atoms with Crippen molar-refractivity contribution in [2.75, 3.05) is 18.9 Å². The van der Waals surface area contributed by atoms with Gasteiger partial charge < -0.3 is 10.8 Å². The number of sulfonamides is 1. The number of nitrogens with two attached hydrogens (primary N) is 1. The second kappa shape index (κ2) is 4.87. The van der Waals surface area contributed by atoms with Crippen LogP contribution in [0.5, 0.6) is 0 Å². The van der Waals surface area contributed by atoms with Crippen molar-refractivity contribution in [1.29, 1.82) is 0 Å². The van der Waals surface area contributed by atoms with Crippen LogP contribution in [-0.4, -0.2) is 36.5 Å². The fourth-order valence-electron chi connectivity index (χ4n) is 1.36. The summed E-state index contributed by atoms with van der Waals surface area (Å²) in [7, 11) is -2.09. The molecule has 4 N–H and O–H groups in total. The van der Waals surface area contributed by atoms with Gasteiger partial charge in [-0.2, -0.15) is 5.10 Å². The van der Waals surface area contributed by atoms with Crippen LogP contribution >= 0.6 is 0 Å². The maximum absolute atomic E-state index is 12.1. The van der Waals surface area contributed by atoms with E-state index in [1.165, 1.54) is 4.68 Å². The predicted molar refractivity (Wildman–Crippen MR) is 68.4 cm³/mol. The molecule has 0 spiro atoms. The number of nitrogen functional groups attached to an aromatic ring is 1. The Balaban J connectivity index is 3.01. The van der Waals surface area contributed by atoms with Gasteiger partial charge in [0.05, 0.1) is 5.69 Å². The second-order valence-corrected chi connectivity index (χ2v) is 6.77. The van der Waals surface area contributed by atoms with Gasteiger partial charge in [0.1, 0.15) is 4.90 Å². The Kier molecular flexibility index (Phi) is 4.04. The highest BCUT2D eigenvalue weighted by molar-refractivity contribution is 7.89. The van der Waals surface area contributed by atoms with Crippen molar-refractivity contribution < 1.29 is 13.5 Å². The molecule has 0 bridgehead atoms. The second-order valence-electron chi connectivity index (χ2n) is 5.07. The lowest BCUT2D eigenvalue weighted by Gasteiger charge is -2.21. The average molecular weight is 276 g/mol. The number of nitrogens with zero attached hydrogens (tertiary/aromatic N) is 2. The third-order valence-corrected chi connectivity index (χ3v) is 4.31. The Morgan fingerprint density at radius 3 is 2.44 bits per heavy atom. The molecule has 0 aliphatic heterocycles. The monoisotopic (exact) mass is 276 g/mol. The maximum atomic E-state index is 12.1. The van der Waals surface area contributed by atoms with Gasteiger partial charge in [0, 0.05) is 25.6 Å². The van der Waals surface area contributed by atoms with Crippen LogP contribution in [0, 0.1) is 12.3 Å². The quantitative estimate of drug-likeness (QED) is 0.678. The standard InChI is InChI=1S/C10H20N4O3S/c1-7-8(9(11)13-14(7)4)18(16,17)12-5-10(2,3)6-15/h12,15H,5-6H2,1-4H3,(H2,11,13). The van der Waals surface area contributed by atoms with Crippen LogP contribution in [0.1, 0.15) is 19.5 Å². The van der Waals surface area contributed by atoms with Crippen molar-refractivity contribution >= 4 is 15.8 Å². The fourth-order valence-corrected chi connectivity index (χ4v) is 2.93. The lowest BCUT2D eigenvalue weighted by atomic mass is 9.96. The molecule has 0 radical (unpaired) electrons. The molecule has 1 aromatic rings. The highest BCUT2D eigenvalue weighted by Crippen LogP contribution is 2.22. The van der Waals surface area contributed by atoms with E-state index in [0.717, 1.165) is 0 Å². The zero-order valence-electron chi connectivity index (χ0n) is 11.1. The van der Waals surface area contributed by atoms with E-state index in [9.17, 15) is 8.42 Å². The van der Waals surface area contributed by atoms with Crippen molar-refractivity contribution in [1.82, 2.24) is 14.5 Å². The molecule has 0 atom stereocenters. The summed E-state index contributed by atoms with van der Waals surface area (Å²) in [4.78, 5) is -0.00117. The third-order valence-electron chi connectivity index (χ3n) is 2.74. The van der Waals surface area contributed by atoms with E-state index in [0.29, 0.717) is 5.69 Å². The Hall–Kier alpha value is -1.12. The Bertz CT molecular complexity index is 534.